The van der Waals surface area contributed by atoms with Crippen molar-refractivity contribution in [2.75, 3.05) is 27.3 Å². The van der Waals surface area contributed by atoms with Crippen LogP contribution in [0.15, 0.2) is 0 Å². The maximum absolute atomic E-state index is 11.4. The molecule has 2 rings (SSSR count). The van der Waals surface area contributed by atoms with Gasteiger partial charge in [0.2, 0.25) is 0 Å². The van der Waals surface area contributed by atoms with Crippen molar-refractivity contribution in [1.82, 2.24) is 10.2 Å². The molecule has 0 aromatic carbocycles. The Morgan fingerprint density at radius 3 is 2.61 bits per heavy atom. The minimum atomic E-state index is -0.717. The number of nitrogens with one attached hydrogen (secondary N) is 1. The van der Waals surface area contributed by atoms with Gasteiger partial charge in [-0.3, -0.25) is 9.69 Å². The summed E-state index contributed by atoms with van der Waals surface area (Å²) in [6.45, 7) is 1.65. The van der Waals surface area contributed by atoms with Crippen molar-refractivity contribution in [2.24, 2.45) is 0 Å². The third-order valence-electron chi connectivity index (χ3n) is 4.41. The number of hydrogen-bond acceptors (Lipinski definition) is 4. The molecule has 0 aliphatic heterocycles. The van der Waals surface area contributed by atoms with E-state index < -0.39 is 11.5 Å². The number of carboxylic acid groups (broad SMARTS) is 1. The molecule has 0 bridgehead atoms. The van der Waals surface area contributed by atoms with Crippen molar-refractivity contribution >= 4 is 5.97 Å². The van der Waals surface area contributed by atoms with E-state index >= 15 is 0 Å². The highest BCUT2D eigenvalue weighted by atomic mass is 16.5. The first-order chi connectivity index (χ1) is 8.63. The molecule has 2 fully saturated rings. The monoisotopic (exact) mass is 256 g/mol. The summed E-state index contributed by atoms with van der Waals surface area (Å²) in [5.41, 5.74) is -0.717. The van der Waals surface area contributed by atoms with Crippen molar-refractivity contribution in [1.29, 1.82) is 0 Å². The molecule has 5 nitrogen and oxygen atoms in total. The van der Waals surface area contributed by atoms with E-state index in [0.29, 0.717) is 18.5 Å². The zero-order chi connectivity index (χ0) is 13.2. The third-order valence-corrected chi connectivity index (χ3v) is 4.41. The summed E-state index contributed by atoms with van der Waals surface area (Å²) in [6.07, 6.45) is 4.89. The number of aliphatic carboxylic acids is 1. The fraction of sp³-hybridized carbons (Fsp3) is 0.923. The van der Waals surface area contributed by atoms with Crippen molar-refractivity contribution in [3.8, 4) is 0 Å². The van der Waals surface area contributed by atoms with Crippen LogP contribution >= 0.6 is 0 Å². The lowest BCUT2D eigenvalue weighted by atomic mass is 9.98. The Bertz CT molecular complexity index is 307. The van der Waals surface area contributed by atoms with Gasteiger partial charge >= 0.3 is 5.97 Å². The van der Waals surface area contributed by atoms with Gasteiger partial charge < -0.3 is 15.2 Å². The molecule has 18 heavy (non-hydrogen) atoms. The lowest BCUT2D eigenvalue weighted by Gasteiger charge is -2.30. The molecule has 2 atom stereocenters. The summed E-state index contributed by atoms with van der Waals surface area (Å²) in [5, 5.41) is 12.4. The molecule has 0 aromatic heterocycles. The Hall–Kier alpha value is -0.650. The van der Waals surface area contributed by atoms with Gasteiger partial charge in [-0.2, -0.15) is 0 Å². The van der Waals surface area contributed by atoms with Crippen LogP contribution in [0, 0.1) is 0 Å². The fourth-order valence-electron chi connectivity index (χ4n) is 3.10. The lowest BCUT2D eigenvalue weighted by molar-refractivity contribution is -0.144. The quantitative estimate of drug-likeness (QED) is 0.702. The van der Waals surface area contributed by atoms with Crippen LogP contribution in [-0.2, 0) is 9.53 Å². The second-order valence-corrected chi connectivity index (χ2v) is 5.50. The van der Waals surface area contributed by atoms with Crippen LogP contribution in [-0.4, -0.2) is 60.9 Å². The molecule has 0 radical (unpaired) electrons. The number of likely N-dealkylation sites (N-methyl/N-ethyl adjacent to an activating group) is 1. The van der Waals surface area contributed by atoms with Crippen molar-refractivity contribution in [3.05, 3.63) is 0 Å². The maximum atomic E-state index is 11.4. The summed E-state index contributed by atoms with van der Waals surface area (Å²) < 4.78 is 5.16. The summed E-state index contributed by atoms with van der Waals surface area (Å²) in [6, 6.07) is 1.04. The first-order valence-corrected chi connectivity index (χ1v) is 6.80. The van der Waals surface area contributed by atoms with E-state index in [9.17, 15) is 9.90 Å². The number of carboxylic acids is 1. The summed E-state index contributed by atoms with van der Waals surface area (Å²) in [7, 11) is 3.47. The molecule has 2 aliphatic rings. The first kappa shape index (κ1) is 13.8. The van der Waals surface area contributed by atoms with Gasteiger partial charge in [0.1, 0.15) is 5.54 Å². The number of methoxy groups -OCH3 is 1. The lowest BCUT2D eigenvalue weighted by Crippen LogP contribution is -2.50. The van der Waals surface area contributed by atoms with Gasteiger partial charge in [-0.25, -0.2) is 0 Å². The van der Waals surface area contributed by atoms with E-state index in [0.717, 1.165) is 26.0 Å². The van der Waals surface area contributed by atoms with Gasteiger partial charge in [-0.15, -0.1) is 0 Å². The van der Waals surface area contributed by atoms with E-state index in [-0.39, 0.29) is 0 Å². The molecule has 5 heteroatoms. The van der Waals surface area contributed by atoms with E-state index in [1.54, 1.807) is 14.2 Å². The molecule has 0 saturated heterocycles. The van der Waals surface area contributed by atoms with Gasteiger partial charge in [0.25, 0.3) is 0 Å². The summed E-state index contributed by atoms with van der Waals surface area (Å²) >= 11 is 0. The normalized spacial score (nSPS) is 32.1. The van der Waals surface area contributed by atoms with Crippen molar-refractivity contribution in [2.45, 2.75) is 49.7 Å². The van der Waals surface area contributed by atoms with Crippen LogP contribution in [0.4, 0.5) is 0 Å². The zero-order valence-electron chi connectivity index (χ0n) is 11.3. The summed E-state index contributed by atoms with van der Waals surface area (Å²) in [4.78, 5) is 13.9. The maximum Gasteiger partial charge on any atom is 0.323 e. The number of carbonyl (C=O) groups is 1. The van der Waals surface area contributed by atoms with Crippen molar-refractivity contribution in [3.63, 3.8) is 0 Å². The molecule has 2 unspecified atom stereocenters. The standard InChI is InChI=1S/C13H24N2O3/c1-14-13(12(16)17)6-5-11(9-13)15(7-8-18-2)10-3-4-10/h10-11,14H,3-9H2,1-2H3,(H,16,17). The number of rotatable bonds is 7. The Morgan fingerprint density at radius 2 is 2.17 bits per heavy atom. The molecule has 2 N–H and O–H groups in total. The zero-order valence-corrected chi connectivity index (χ0v) is 11.3. The minimum Gasteiger partial charge on any atom is -0.480 e. The highest BCUT2D eigenvalue weighted by Crippen LogP contribution is 2.38. The van der Waals surface area contributed by atoms with Gasteiger partial charge in [0.05, 0.1) is 6.61 Å². The van der Waals surface area contributed by atoms with Crippen LogP contribution in [0.3, 0.4) is 0 Å². The first-order valence-electron chi connectivity index (χ1n) is 6.80. The molecular formula is C13H24N2O3. The van der Waals surface area contributed by atoms with Gasteiger partial charge in [-0.05, 0) is 39.2 Å². The Balaban J connectivity index is 1.98. The molecule has 0 heterocycles. The van der Waals surface area contributed by atoms with E-state index in [1.165, 1.54) is 12.8 Å². The predicted octanol–water partition coefficient (Wildman–Crippen LogP) is 0.693. The Morgan fingerprint density at radius 1 is 1.44 bits per heavy atom. The minimum absolute atomic E-state index is 0.385. The van der Waals surface area contributed by atoms with E-state index in [1.807, 2.05) is 0 Å². The SMILES string of the molecule is CNC1(C(=O)O)CCC(N(CCOC)C2CC2)C1. The fourth-order valence-corrected chi connectivity index (χ4v) is 3.10. The molecule has 104 valence electrons. The number of ether oxygens (including phenoxy) is 1. The average Bonchev–Trinajstić information content (AvgIpc) is 3.09. The second kappa shape index (κ2) is 5.55. The third kappa shape index (κ3) is 2.68. The van der Waals surface area contributed by atoms with Gasteiger partial charge in [0.15, 0.2) is 0 Å². The largest absolute Gasteiger partial charge is 0.480 e. The van der Waals surface area contributed by atoms with Gasteiger partial charge in [0, 0.05) is 25.7 Å². The molecule has 0 spiro atoms. The highest BCUT2D eigenvalue weighted by molar-refractivity contribution is 5.79. The Kier molecular flexibility index (Phi) is 4.25. The van der Waals surface area contributed by atoms with Crippen LogP contribution < -0.4 is 5.32 Å². The Labute approximate surface area is 108 Å². The number of hydrogen-bond donors (Lipinski definition) is 2. The topological polar surface area (TPSA) is 61.8 Å². The van der Waals surface area contributed by atoms with Crippen LogP contribution in [0.25, 0.3) is 0 Å². The molecule has 0 aromatic rings. The average molecular weight is 256 g/mol. The molecule has 2 aliphatic carbocycles. The molecule has 0 amide bonds. The van der Waals surface area contributed by atoms with Crippen LogP contribution in [0.2, 0.25) is 0 Å². The van der Waals surface area contributed by atoms with Crippen molar-refractivity contribution < 1.29 is 14.6 Å². The van der Waals surface area contributed by atoms with E-state index in [4.69, 9.17) is 4.74 Å². The predicted molar refractivity (Wildman–Crippen MR) is 68.7 cm³/mol. The summed E-state index contributed by atoms with van der Waals surface area (Å²) in [5.74, 6) is -0.713. The molecule has 2 saturated carbocycles. The van der Waals surface area contributed by atoms with Crippen LogP contribution in [0.5, 0.6) is 0 Å². The van der Waals surface area contributed by atoms with Gasteiger partial charge in [-0.1, -0.05) is 0 Å². The van der Waals surface area contributed by atoms with Crippen LogP contribution in [0.1, 0.15) is 32.1 Å². The number of nitrogens with zero attached hydrogens (tertiary/aromatic N) is 1. The second-order valence-electron chi connectivity index (χ2n) is 5.50. The smallest absolute Gasteiger partial charge is 0.323 e. The molecular weight excluding hydrogens is 232 g/mol. The van der Waals surface area contributed by atoms with E-state index in [2.05, 4.69) is 10.2 Å². The highest BCUT2D eigenvalue weighted by Gasteiger charge is 2.48.